The summed E-state index contributed by atoms with van der Waals surface area (Å²) in [7, 11) is 3.08. The molecule has 1 aliphatic rings. The average Bonchev–Trinajstić information content (AvgIpc) is 3.11. The molecule has 1 aliphatic carbocycles. The zero-order chi connectivity index (χ0) is 20.8. The maximum absolute atomic E-state index is 13.0. The van der Waals surface area contributed by atoms with E-state index in [1.165, 1.54) is 23.3 Å². The van der Waals surface area contributed by atoms with Crippen molar-refractivity contribution in [2.24, 2.45) is 0 Å². The molecule has 6 nitrogen and oxygen atoms in total. The Hall–Kier alpha value is -2.54. The molecule has 2 aromatic rings. The highest BCUT2D eigenvalue weighted by atomic mass is 32.1. The van der Waals surface area contributed by atoms with Gasteiger partial charge < -0.3 is 20.1 Å². The molecule has 0 saturated heterocycles. The molecule has 0 bridgehead atoms. The van der Waals surface area contributed by atoms with E-state index in [9.17, 15) is 9.59 Å². The lowest BCUT2D eigenvalue weighted by Gasteiger charge is -2.14. The summed E-state index contributed by atoms with van der Waals surface area (Å²) in [5.41, 5.74) is 2.12. The number of nitrogens with one attached hydrogen (secondary N) is 2. The Kier molecular flexibility index (Phi) is 7.14. The lowest BCUT2D eigenvalue weighted by molar-refractivity contribution is 0.0953. The monoisotopic (exact) mass is 416 g/mol. The van der Waals surface area contributed by atoms with Gasteiger partial charge in [0.2, 0.25) is 0 Å². The Morgan fingerprint density at radius 2 is 1.90 bits per heavy atom. The molecule has 1 aromatic carbocycles. The summed E-state index contributed by atoms with van der Waals surface area (Å²) in [5.74, 6) is 0.638. The summed E-state index contributed by atoms with van der Waals surface area (Å²) in [6.07, 6.45) is 5.97. The number of rotatable bonds is 8. The molecule has 0 spiro atoms. The van der Waals surface area contributed by atoms with Gasteiger partial charge in [-0.15, -0.1) is 11.3 Å². The Morgan fingerprint density at radius 3 is 2.62 bits per heavy atom. The van der Waals surface area contributed by atoms with Gasteiger partial charge in [-0.05, 0) is 49.8 Å². The summed E-state index contributed by atoms with van der Waals surface area (Å²) < 4.78 is 10.6. The summed E-state index contributed by atoms with van der Waals surface area (Å²) in [6, 6.07) is 5.06. The van der Waals surface area contributed by atoms with Crippen molar-refractivity contribution in [2.45, 2.75) is 45.4 Å². The second kappa shape index (κ2) is 9.78. The van der Waals surface area contributed by atoms with Gasteiger partial charge in [0.25, 0.3) is 11.8 Å². The molecule has 2 N–H and O–H groups in total. The number of methoxy groups -OCH3 is 2. The molecule has 0 radical (unpaired) electrons. The third-order valence-corrected chi connectivity index (χ3v) is 6.30. The molecular formula is C22H28N2O4S. The van der Waals surface area contributed by atoms with Crippen molar-refractivity contribution in [3.05, 3.63) is 39.8 Å². The van der Waals surface area contributed by atoms with Crippen molar-refractivity contribution in [3.63, 3.8) is 0 Å². The number of hydrogen-bond donors (Lipinski definition) is 2. The van der Waals surface area contributed by atoms with E-state index in [1.54, 1.807) is 25.3 Å². The SMILES string of the molecule is CCCCNC(=O)c1c(NC(=O)c2ccc(OC)cc2OC)sc2c1CCCC2. The molecule has 0 fully saturated rings. The maximum atomic E-state index is 13.0. The number of benzene rings is 1. The van der Waals surface area contributed by atoms with Gasteiger partial charge >= 0.3 is 0 Å². The first-order valence-electron chi connectivity index (χ1n) is 10.0. The molecule has 0 atom stereocenters. The number of carbonyl (C=O) groups is 2. The molecular weight excluding hydrogens is 388 g/mol. The predicted octanol–water partition coefficient (Wildman–Crippen LogP) is 4.43. The van der Waals surface area contributed by atoms with E-state index in [2.05, 4.69) is 17.6 Å². The largest absolute Gasteiger partial charge is 0.497 e. The third kappa shape index (κ3) is 4.72. The van der Waals surface area contributed by atoms with Crippen LogP contribution in [-0.2, 0) is 12.8 Å². The van der Waals surface area contributed by atoms with Crippen LogP contribution in [0.15, 0.2) is 18.2 Å². The van der Waals surface area contributed by atoms with Gasteiger partial charge in [0.1, 0.15) is 16.5 Å². The molecule has 0 saturated carbocycles. The van der Waals surface area contributed by atoms with Crippen LogP contribution in [0.5, 0.6) is 11.5 Å². The minimum Gasteiger partial charge on any atom is -0.497 e. The fourth-order valence-electron chi connectivity index (χ4n) is 3.52. The van der Waals surface area contributed by atoms with Crippen LogP contribution in [0.2, 0.25) is 0 Å². The molecule has 2 amide bonds. The molecule has 0 aliphatic heterocycles. The third-order valence-electron chi connectivity index (χ3n) is 5.09. The van der Waals surface area contributed by atoms with E-state index in [-0.39, 0.29) is 11.8 Å². The molecule has 1 heterocycles. The Morgan fingerprint density at radius 1 is 1.10 bits per heavy atom. The standard InChI is InChI=1S/C22H28N2O4S/c1-4-5-12-23-21(26)19-16-8-6-7-9-18(16)29-22(19)24-20(25)15-11-10-14(27-2)13-17(15)28-3/h10-11,13H,4-9,12H2,1-3H3,(H,23,26)(H,24,25). The molecule has 0 unspecified atom stereocenters. The smallest absolute Gasteiger partial charge is 0.260 e. The van der Waals surface area contributed by atoms with Gasteiger partial charge in [0.15, 0.2) is 0 Å². The van der Waals surface area contributed by atoms with Crippen molar-refractivity contribution in [1.82, 2.24) is 5.32 Å². The maximum Gasteiger partial charge on any atom is 0.260 e. The fraction of sp³-hybridized carbons (Fsp3) is 0.455. The van der Waals surface area contributed by atoms with E-state index < -0.39 is 0 Å². The van der Waals surface area contributed by atoms with E-state index in [0.717, 1.165) is 44.1 Å². The van der Waals surface area contributed by atoms with Crippen LogP contribution < -0.4 is 20.1 Å². The number of aryl methyl sites for hydroxylation is 1. The van der Waals surface area contributed by atoms with Crippen molar-refractivity contribution in [1.29, 1.82) is 0 Å². The number of anilines is 1. The number of thiophene rings is 1. The highest BCUT2D eigenvalue weighted by Crippen LogP contribution is 2.38. The number of hydrogen-bond acceptors (Lipinski definition) is 5. The van der Waals surface area contributed by atoms with Crippen molar-refractivity contribution < 1.29 is 19.1 Å². The first-order valence-corrected chi connectivity index (χ1v) is 10.9. The highest BCUT2D eigenvalue weighted by molar-refractivity contribution is 7.17. The molecule has 1 aromatic heterocycles. The van der Waals surface area contributed by atoms with Gasteiger partial charge in [-0.1, -0.05) is 13.3 Å². The predicted molar refractivity (Wildman–Crippen MR) is 116 cm³/mol. The molecule has 3 rings (SSSR count). The van der Waals surface area contributed by atoms with Gasteiger partial charge in [0.05, 0.1) is 25.3 Å². The average molecular weight is 417 g/mol. The van der Waals surface area contributed by atoms with Crippen LogP contribution in [0, 0.1) is 0 Å². The van der Waals surface area contributed by atoms with Crippen LogP contribution in [-0.4, -0.2) is 32.6 Å². The summed E-state index contributed by atoms with van der Waals surface area (Å²) in [6.45, 7) is 2.73. The van der Waals surface area contributed by atoms with Crippen LogP contribution in [0.3, 0.4) is 0 Å². The molecule has 29 heavy (non-hydrogen) atoms. The summed E-state index contributed by atoms with van der Waals surface area (Å²) >= 11 is 1.52. The minimum atomic E-state index is -0.300. The Balaban J connectivity index is 1.89. The minimum absolute atomic E-state index is 0.102. The van der Waals surface area contributed by atoms with E-state index in [4.69, 9.17) is 9.47 Å². The second-order valence-corrected chi connectivity index (χ2v) is 8.15. The number of ether oxygens (including phenoxy) is 2. The number of unbranched alkanes of at least 4 members (excludes halogenated alkanes) is 1. The number of fused-ring (bicyclic) bond motifs is 1. The van der Waals surface area contributed by atoms with E-state index in [0.29, 0.717) is 34.2 Å². The second-order valence-electron chi connectivity index (χ2n) is 7.04. The molecule has 7 heteroatoms. The number of carbonyl (C=O) groups excluding carboxylic acids is 2. The topological polar surface area (TPSA) is 76.7 Å². The van der Waals surface area contributed by atoms with Crippen LogP contribution in [0.25, 0.3) is 0 Å². The zero-order valence-electron chi connectivity index (χ0n) is 17.2. The highest BCUT2D eigenvalue weighted by Gasteiger charge is 2.27. The summed E-state index contributed by atoms with van der Waals surface area (Å²) in [5, 5.41) is 6.59. The zero-order valence-corrected chi connectivity index (χ0v) is 18.0. The van der Waals surface area contributed by atoms with Crippen LogP contribution in [0.1, 0.15) is 63.8 Å². The van der Waals surface area contributed by atoms with Crippen molar-refractivity contribution >= 4 is 28.2 Å². The van der Waals surface area contributed by atoms with E-state index in [1.807, 2.05) is 0 Å². The summed E-state index contributed by atoms with van der Waals surface area (Å²) in [4.78, 5) is 27.1. The Labute approximate surface area is 175 Å². The van der Waals surface area contributed by atoms with E-state index >= 15 is 0 Å². The van der Waals surface area contributed by atoms with Gasteiger partial charge in [-0.3, -0.25) is 9.59 Å². The van der Waals surface area contributed by atoms with Gasteiger partial charge in [-0.2, -0.15) is 0 Å². The normalized spacial score (nSPS) is 12.8. The fourth-order valence-corrected chi connectivity index (χ4v) is 4.80. The Bertz CT molecular complexity index is 891. The lowest BCUT2D eigenvalue weighted by atomic mass is 9.95. The first kappa shape index (κ1) is 21.2. The van der Waals surface area contributed by atoms with Gasteiger partial charge in [0, 0.05) is 17.5 Å². The van der Waals surface area contributed by atoms with Gasteiger partial charge in [-0.25, -0.2) is 0 Å². The van der Waals surface area contributed by atoms with Crippen molar-refractivity contribution in [3.8, 4) is 11.5 Å². The molecule has 156 valence electrons. The van der Waals surface area contributed by atoms with Crippen LogP contribution in [0.4, 0.5) is 5.00 Å². The van der Waals surface area contributed by atoms with Crippen LogP contribution >= 0.6 is 11.3 Å². The lowest BCUT2D eigenvalue weighted by Crippen LogP contribution is -2.26. The quantitative estimate of drug-likeness (QED) is 0.624. The number of amides is 2. The van der Waals surface area contributed by atoms with Crippen molar-refractivity contribution in [2.75, 3.05) is 26.1 Å². The first-order chi connectivity index (χ1) is 14.1.